The molecule has 0 saturated carbocycles. The highest BCUT2D eigenvalue weighted by atomic mass is 32.1. The number of rotatable bonds is 5. The number of hydrogen-bond acceptors (Lipinski definition) is 3. The molecule has 0 radical (unpaired) electrons. The first kappa shape index (κ1) is 26.3. The maximum atomic E-state index is 11.1. The summed E-state index contributed by atoms with van der Waals surface area (Å²) in [5, 5.41) is 20.6. The Morgan fingerprint density at radius 3 is 2.10 bits per heavy atom. The second-order valence-corrected chi connectivity index (χ2v) is 12.2. The monoisotopic (exact) mass is 552 g/mol. The second kappa shape index (κ2) is 10.2. The minimum Gasteiger partial charge on any atom is -0.477 e. The van der Waals surface area contributed by atoms with Crippen LogP contribution in [0.2, 0.25) is 0 Å². The van der Waals surface area contributed by atoms with E-state index in [1.807, 2.05) is 24.3 Å². The summed E-state index contributed by atoms with van der Waals surface area (Å²) in [4.78, 5) is 13.4. The molecule has 0 aliphatic rings. The van der Waals surface area contributed by atoms with Crippen LogP contribution in [-0.2, 0) is 10.2 Å². The van der Waals surface area contributed by atoms with Crippen molar-refractivity contribution in [3.63, 3.8) is 0 Å². The van der Waals surface area contributed by atoms with Crippen LogP contribution in [-0.4, -0.2) is 15.6 Å². The summed E-state index contributed by atoms with van der Waals surface area (Å²) in [6, 6.07) is 37.8. The summed E-state index contributed by atoms with van der Waals surface area (Å²) >= 11 is 1.72. The molecular formula is C36H28N2O2S. The van der Waals surface area contributed by atoms with Crippen molar-refractivity contribution in [1.82, 2.24) is 4.57 Å². The number of carboxylic acids is 1. The van der Waals surface area contributed by atoms with E-state index in [4.69, 9.17) is 10.4 Å². The van der Waals surface area contributed by atoms with Gasteiger partial charge in [-0.3, -0.25) is 0 Å². The van der Waals surface area contributed by atoms with Gasteiger partial charge in [-0.2, -0.15) is 5.26 Å². The van der Waals surface area contributed by atoms with Crippen molar-refractivity contribution in [2.75, 3.05) is 0 Å². The normalized spacial score (nSPS) is 12.1. The van der Waals surface area contributed by atoms with Crippen LogP contribution in [0.1, 0.15) is 31.9 Å². The Bertz CT molecular complexity index is 1990. The highest BCUT2D eigenvalue weighted by Gasteiger charge is 2.16. The van der Waals surface area contributed by atoms with Crippen molar-refractivity contribution in [2.45, 2.75) is 26.2 Å². The largest absolute Gasteiger partial charge is 0.477 e. The third-order valence-electron chi connectivity index (χ3n) is 7.41. The van der Waals surface area contributed by atoms with E-state index in [2.05, 4.69) is 104 Å². The lowest BCUT2D eigenvalue weighted by molar-refractivity contribution is -0.132. The van der Waals surface area contributed by atoms with Crippen LogP contribution >= 0.6 is 11.3 Å². The summed E-state index contributed by atoms with van der Waals surface area (Å²) in [5.74, 6) is -1.22. The van der Waals surface area contributed by atoms with Crippen molar-refractivity contribution in [2.24, 2.45) is 0 Å². The number of thiophene rings is 1. The molecule has 0 aliphatic carbocycles. The zero-order valence-electron chi connectivity index (χ0n) is 23.1. The Hall–Kier alpha value is -4.92. The molecule has 0 aliphatic heterocycles. The number of nitriles is 1. The molecule has 1 N–H and O–H groups in total. The van der Waals surface area contributed by atoms with Gasteiger partial charge in [-0.05, 0) is 76.2 Å². The van der Waals surface area contributed by atoms with Gasteiger partial charge in [0.2, 0.25) is 0 Å². The van der Waals surface area contributed by atoms with E-state index >= 15 is 0 Å². The SMILES string of the molecule is CC(C)(C)c1ccc(-n2c3ccccc3c3cc(-c4ccc(-c5ccc(/C=C(\C#N)C(=O)O)cc5)s4)ccc32)cc1. The lowest BCUT2D eigenvalue weighted by atomic mass is 9.87. The standard InChI is InChI=1S/C36H28N2O2S/c1-36(2,3)27-13-15-28(16-14-27)38-31-7-5-4-6-29(31)30-21-25(12-17-32(30)38)34-19-18-33(41-34)24-10-8-23(9-11-24)20-26(22-37)35(39)40/h4-21H,1-3H3,(H,39,40)/b26-20+. The number of hydrogen-bond donors (Lipinski definition) is 1. The predicted molar refractivity (Wildman–Crippen MR) is 169 cm³/mol. The van der Waals surface area contributed by atoms with Crippen LogP contribution < -0.4 is 0 Å². The minimum atomic E-state index is -1.22. The number of para-hydroxylation sites is 1. The van der Waals surface area contributed by atoms with Crippen LogP contribution in [0, 0.1) is 11.3 Å². The molecular weight excluding hydrogens is 524 g/mol. The van der Waals surface area contributed by atoms with E-state index in [0.29, 0.717) is 5.56 Å². The summed E-state index contributed by atoms with van der Waals surface area (Å²) in [6.07, 6.45) is 1.39. The zero-order chi connectivity index (χ0) is 28.7. The number of nitrogens with zero attached hydrogens (tertiary/aromatic N) is 2. The van der Waals surface area contributed by atoms with Crippen molar-refractivity contribution in [1.29, 1.82) is 5.26 Å². The van der Waals surface area contributed by atoms with E-state index in [-0.39, 0.29) is 11.0 Å². The predicted octanol–water partition coefficient (Wildman–Crippen LogP) is 9.47. The first-order valence-electron chi connectivity index (χ1n) is 13.4. The molecule has 6 rings (SSSR count). The molecule has 4 aromatic carbocycles. The molecule has 5 heteroatoms. The van der Waals surface area contributed by atoms with Gasteiger partial charge < -0.3 is 9.67 Å². The van der Waals surface area contributed by atoms with Crippen LogP contribution in [0.15, 0.2) is 109 Å². The number of benzene rings is 4. The average molecular weight is 553 g/mol. The van der Waals surface area contributed by atoms with Gasteiger partial charge in [-0.1, -0.05) is 81.4 Å². The summed E-state index contributed by atoms with van der Waals surface area (Å²) in [7, 11) is 0. The van der Waals surface area contributed by atoms with Crippen molar-refractivity contribution in [3.8, 4) is 32.6 Å². The maximum Gasteiger partial charge on any atom is 0.346 e. The van der Waals surface area contributed by atoms with Crippen LogP contribution in [0.3, 0.4) is 0 Å². The van der Waals surface area contributed by atoms with Crippen molar-refractivity contribution >= 4 is 45.2 Å². The topological polar surface area (TPSA) is 66.0 Å². The molecule has 0 saturated heterocycles. The van der Waals surface area contributed by atoms with E-state index in [0.717, 1.165) is 16.1 Å². The molecule has 200 valence electrons. The van der Waals surface area contributed by atoms with E-state index in [1.165, 1.54) is 43.9 Å². The molecule has 2 heterocycles. The molecule has 0 amide bonds. The fourth-order valence-corrected chi connectivity index (χ4v) is 6.22. The Balaban J connectivity index is 1.37. The average Bonchev–Trinajstić information content (AvgIpc) is 3.59. The van der Waals surface area contributed by atoms with E-state index in [9.17, 15) is 4.79 Å². The molecule has 0 fully saturated rings. The summed E-state index contributed by atoms with van der Waals surface area (Å²) in [5.41, 5.74) is 7.55. The number of fused-ring (bicyclic) bond motifs is 3. The lowest BCUT2D eigenvalue weighted by Gasteiger charge is -2.19. The first-order chi connectivity index (χ1) is 19.7. The van der Waals surface area contributed by atoms with Gasteiger partial charge in [-0.25, -0.2) is 4.79 Å². The van der Waals surface area contributed by atoms with Gasteiger partial charge in [0, 0.05) is 26.2 Å². The van der Waals surface area contributed by atoms with Crippen LogP contribution in [0.5, 0.6) is 0 Å². The van der Waals surface area contributed by atoms with Gasteiger partial charge in [0.25, 0.3) is 0 Å². The Kier molecular flexibility index (Phi) is 6.57. The fraction of sp³-hybridized carbons (Fsp3) is 0.111. The lowest BCUT2D eigenvalue weighted by Crippen LogP contribution is -2.10. The molecule has 0 unspecified atom stereocenters. The van der Waals surface area contributed by atoms with Gasteiger partial charge >= 0.3 is 5.97 Å². The third kappa shape index (κ3) is 4.95. The highest BCUT2D eigenvalue weighted by molar-refractivity contribution is 7.18. The van der Waals surface area contributed by atoms with Crippen molar-refractivity contribution in [3.05, 3.63) is 120 Å². The molecule has 4 nitrogen and oxygen atoms in total. The molecule has 2 aromatic heterocycles. The highest BCUT2D eigenvalue weighted by Crippen LogP contribution is 2.39. The second-order valence-electron chi connectivity index (χ2n) is 11.1. The smallest absolute Gasteiger partial charge is 0.346 e. The number of aromatic nitrogens is 1. The van der Waals surface area contributed by atoms with Gasteiger partial charge in [-0.15, -0.1) is 11.3 Å². The number of carbonyl (C=O) groups is 1. The third-order valence-corrected chi connectivity index (χ3v) is 8.60. The first-order valence-corrected chi connectivity index (χ1v) is 14.2. The minimum absolute atomic E-state index is 0.105. The number of carboxylic acid groups (broad SMARTS) is 1. The zero-order valence-corrected chi connectivity index (χ0v) is 23.9. The van der Waals surface area contributed by atoms with Gasteiger partial charge in [0.1, 0.15) is 11.6 Å². The molecule has 6 aromatic rings. The van der Waals surface area contributed by atoms with Gasteiger partial charge in [0.05, 0.1) is 11.0 Å². The number of aliphatic carboxylic acids is 1. The summed E-state index contributed by atoms with van der Waals surface area (Å²) < 4.78 is 2.35. The van der Waals surface area contributed by atoms with Gasteiger partial charge in [0.15, 0.2) is 0 Å². The molecule has 0 bridgehead atoms. The Morgan fingerprint density at radius 1 is 0.805 bits per heavy atom. The van der Waals surface area contributed by atoms with Crippen LogP contribution in [0.4, 0.5) is 0 Å². The van der Waals surface area contributed by atoms with E-state index in [1.54, 1.807) is 17.4 Å². The quantitative estimate of drug-likeness (QED) is 0.171. The van der Waals surface area contributed by atoms with Crippen molar-refractivity contribution < 1.29 is 9.90 Å². The van der Waals surface area contributed by atoms with E-state index < -0.39 is 5.97 Å². The Morgan fingerprint density at radius 2 is 1.44 bits per heavy atom. The molecule has 41 heavy (non-hydrogen) atoms. The molecule has 0 spiro atoms. The molecule has 0 atom stereocenters. The fourth-order valence-electron chi connectivity index (χ4n) is 5.22. The maximum absolute atomic E-state index is 11.1. The Labute approximate surface area is 243 Å². The van der Waals surface area contributed by atoms with Crippen LogP contribution in [0.25, 0.3) is 54.5 Å². The summed E-state index contributed by atoms with van der Waals surface area (Å²) in [6.45, 7) is 6.71.